The van der Waals surface area contributed by atoms with Gasteiger partial charge in [-0.15, -0.1) is 0 Å². The molecule has 4 aliphatic rings. The van der Waals surface area contributed by atoms with E-state index in [0.717, 1.165) is 48.0 Å². The van der Waals surface area contributed by atoms with E-state index in [1.807, 2.05) is 0 Å². The van der Waals surface area contributed by atoms with E-state index in [4.69, 9.17) is 4.74 Å². The standard InChI is InChI=1S/C53H39NO.C15H20/c1-34-26-27-40(36-15-3-2-14-35(34)36)42-29-32-52(47-22-8-5-17-38(42)47)55-53-33-30-43(39-18-6-9-23-48(39)53)41-28-31-51(44-19-7-4-16-37(41)44)54-49-24-12-10-20-45(49)46-21-11-13-25-50(46)54;1-11-8-9-15(13(3)10-11)14-7-5-4-6-12(14)2/h2-9,12-19,22-33H,10-11,20-21H2,1H3;4,6,10H,5,7-9H2,1-3H3. The maximum absolute atomic E-state index is 6.94. The number of fused-ring (bicyclic) bond motifs is 7. The number of rotatable bonds is 6. The Kier molecular flexibility index (Phi) is 11.4. The largest absolute Gasteiger partial charge is 0.456 e. The Morgan fingerprint density at radius 2 is 0.814 bits per heavy atom. The lowest BCUT2D eigenvalue weighted by molar-refractivity contribution is 0.494. The van der Waals surface area contributed by atoms with E-state index in [9.17, 15) is 0 Å². The maximum atomic E-state index is 6.94. The molecule has 1 aromatic heterocycles. The van der Waals surface area contributed by atoms with Gasteiger partial charge >= 0.3 is 0 Å². The second-order valence-corrected chi connectivity index (χ2v) is 19.8. The average Bonchev–Trinajstić information content (AvgIpc) is 3.74. The van der Waals surface area contributed by atoms with Crippen LogP contribution in [0.25, 0.3) is 83.2 Å². The second kappa shape index (κ2) is 18.3. The lowest BCUT2D eigenvalue weighted by Gasteiger charge is -2.22. The molecule has 0 unspecified atom stereocenters. The molecule has 0 bridgehead atoms. The van der Waals surface area contributed by atoms with Gasteiger partial charge in [-0.2, -0.15) is 0 Å². The van der Waals surface area contributed by atoms with Crippen LogP contribution >= 0.6 is 0 Å². The number of aryl methyl sites for hydroxylation is 1. The molecule has 342 valence electrons. The van der Waals surface area contributed by atoms with Crippen molar-refractivity contribution in [1.29, 1.82) is 0 Å². The van der Waals surface area contributed by atoms with Crippen LogP contribution in [0.5, 0.6) is 11.5 Å². The zero-order valence-electron chi connectivity index (χ0n) is 40.9. The highest BCUT2D eigenvalue weighted by molar-refractivity contribution is 6.10. The van der Waals surface area contributed by atoms with E-state index in [1.54, 1.807) is 11.1 Å². The minimum absolute atomic E-state index is 0.850. The van der Waals surface area contributed by atoms with Crippen molar-refractivity contribution in [3.05, 3.63) is 232 Å². The van der Waals surface area contributed by atoms with E-state index in [-0.39, 0.29) is 0 Å². The van der Waals surface area contributed by atoms with Crippen molar-refractivity contribution in [3.8, 4) is 39.4 Å². The molecule has 0 radical (unpaired) electrons. The van der Waals surface area contributed by atoms with E-state index in [0.29, 0.717) is 0 Å². The smallest absolute Gasteiger partial charge is 0.135 e. The molecule has 0 saturated carbocycles. The number of allylic oxidation sites excluding steroid dienone is 10. The van der Waals surface area contributed by atoms with Crippen molar-refractivity contribution >= 4 is 55.2 Å². The molecule has 0 fully saturated rings. The minimum atomic E-state index is 0.850. The predicted molar refractivity (Wildman–Crippen MR) is 299 cm³/mol. The molecule has 4 aliphatic carbocycles. The Bertz CT molecular complexity index is 3740. The summed E-state index contributed by atoms with van der Waals surface area (Å²) in [5.41, 5.74) is 20.9. The first kappa shape index (κ1) is 43.6. The Labute approximate surface area is 413 Å². The zero-order valence-corrected chi connectivity index (χ0v) is 40.9. The van der Waals surface area contributed by atoms with Crippen LogP contribution in [0, 0.1) is 6.92 Å². The van der Waals surface area contributed by atoms with Gasteiger partial charge in [-0.1, -0.05) is 163 Å². The van der Waals surface area contributed by atoms with Gasteiger partial charge in [0.2, 0.25) is 0 Å². The zero-order chi connectivity index (χ0) is 47.3. The van der Waals surface area contributed by atoms with E-state index in [1.165, 1.54) is 131 Å². The van der Waals surface area contributed by atoms with Gasteiger partial charge in [0.1, 0.15) is 11.5 Å². The molecule has 0 saturated heterocycles. The van der Waals surface area contributed by atoms with Gasteiger partial charge in [-0.25, -0.2) is 0 Å². The number of benzene rings is 8. The first-order valence-electron chi connectivity index (χ1n) is 25.5. The lowest BCUT2D eigenvalue weighted by atomic mass is 9.83. The quantitative estimate of drug-likeness (QED) is 0.162. The summed E-state index contributed by atoms with van der Waals surface area (Å²) < 4.78 is 9.46. The van der Waals surface area contributed by atoms with E-state index >= 15 is 0 Å². The van der Waals surface area contributed by atoms with Crippen LogP contribution in [-0.2, 0) is 12.8 Å². The highest BCUT2D eigenvalue weighted by atomic mass is 16.5. The molecule has 1 heterocycles. The van der Waals surface area contributed by atoms with Gasteiger partial charge in [0, 0.05) is 27.5 Å². The summed E-state index contributed by atoms with van der Waals surface area (Å²) in [6.07, 6.45) is 25.7. The second-order valence-electron chi connectivity index (χ2n) is 19.8. The SMILES string of the molecule is CC1=CC(C)=C(C2=C(C)C=CCC2)CC1.Cc1ccc(-c2ccc(Oc3ccc(-c4ccc(-n5c6c(c7c5C=CCC7)CCC=C6)c5ccccc45)c4ccccc34)c3ccccc23)c2ccccc12. The first-order valence-corrected chi connectivity index (χ1v) is 25.5. The molecule has 0 N–H and O–H groups in total. The van der Waals surface area contributed by atoms with Crippen LogP contribution in [0.1, 0.15) is 87.4 Å². The fraction of sp³-hybridized carbons (Fsp3) is 0.176. The fourth-order valence-electron chi connectivity index (χ4n) is 12.0. The van der Waals surface area contributed by atoms with Crippen LogP contribution in [0.3, 0.4) is 0 Å². The Hall–Kier alpha value is -7.68. The molecule has 0 amide bonds. The molecule has 0 spiro atoms. The summed E-state index contributed by atoms with van der Waals surface area (Å²) in [5.74, 6) is 1.70. The number of hydrogen-bond donors (Lipinski definition) is 0. The van der Waals surface area contributed by atoms with Gasteiger partial charge in [0.25, 0.3) is 0 Å². The lowest BCUT2D eigenvalue weighted by Crippen LogP contribution is -2.03. The molecular weight excluding hydrogens is 847 g/mol. The Morgan fingerprint density at radius 3 is 1.37 bits per heavy atom. The summed E-state index contributed by atoms with van der Waals surface area (Å²) in [4.78, 5) is 0. The highest BCUT2D eigenvalue weighted by Crippen LogP contribution is 2.45. The number of aromatic nitrogens is 1. The van der Waals surface area contributed by atoms with Gasteiger partial charge in [-0.3, -0.25) is 0 Å². The predicted octanol–water partition coefficient (Wildman–Crippen LogP) is 19.2. The van der Waals surface area contributed by atoms with Crippen LogP contribution in [0.2, 0.25) is 0 Å². The molecule has 13 rings (SSSR count). The maximum Gasteiger partial charge on any atom is 0.135 e. The van der Waals surface area contributed by atoms with Gasteiger partial charge in [0.15, 0.2) is 0 Å². The molecule has 2 heteroatoms. The molecule has 2 nitrogen and oxygen atoms in total. The number of nitrogens with zero attached hydrogens (tertiary/aromatic N) is 1. The third-order valence-corrected chi connectivity index (χ3v) is 15.5. The summed E-state index contributed by atoms with van der Waals surface area (Å²) in [6, 6.07) is 52.9. The Balaban J connectivity index is 0.000000288. The van der Waals surface area contributed by atoms with Crippen LogP contribution < -0.4 is 4.74 Å². The van der Waals surface area contributed by atoms with Crippen LogP contribution in [-0.4, -0.2) is 4.57 Å². The molecule has 70 heavy (non-hydrogen) atoms. The van der Waals surface area contributed by atoms with E-state index < -0.39 is 0 Å². The number of hydrogen-bond acceptors (Lipinski definition) is 1. The van der Waals surface area contributed by atoms with Crippen molar-refractivity contribution in [2.24, 2.45) is 0 Å². The van der Waals surface area contributed by atoms with Crippen molar-refractivity contribution in [2.45, 2.75) is 79.1 Å². The van der Waals surface area contributed by atoms with Crippen molar-refractivity contribution in [2.75, 3.05) is 0 Å². The first-order chi connectivity index (χ1) is 34.4. The summed E-state index contributed by atoms with van der Waals surface area (Å²) >= 11 is 0. The minimum Gasteiger partial charge on any atom is -0.456 e. The fourth-order valence-corrected chi connectivity index (χ4v) is 12.0. The molecule has 0 aliphatic heterocycles. The Morgan fingerprint density at radius 1 is 0.371 bits per heavy atom. The van der Waals surface area contributed by atoms with Gasteiger partial charge in [0.05, 0.1) is 5.69 Å². The summed E-state index contributed by atoms with van der Waals surface area (Å²) in [5, 5.41) is 9.60. The monoisotopic (exact) mass is 905 g/mol. The molecule has 9 aromatic rings. The normalized spacial score (nSPS) is 15.3. The molecule has 0 atom stereocenters. The molecular formula is C68H59NO. The third kappa shape index (κ3) is 7.67. The highest BCUT2D eigenvalue weighted by Gasteiger charge is 2.25. The van der Waals surface area contributed by atoms with Gasteiger partial charge < -0.3 is 9.30 Å². The van der Waals surface area contributed by atoms with Gasteiger partial charge in [-0.05, 0) is 198 Å². The van der Waals surface area contributed by atoms with Crippen molar-refractivity contribution < 1.29 is 4.74 Å². The number of ether oxygens (including phenoxy) is 1. The average molecular weight is 906 g/mol. The topological polar surface area (TPSA) is 14.2 Å². The van der Waals surface area contributed by atoms with E-state index in [2.05, 4.69) is 220 Å². The van der Waals surface area contributed by atoms with Crippen LogP contribution in [0.4, 0.5) is 0 Å². The van der Waals surface area contributed by atoms with Crippen molar-refractivity contribution in [3.63, 3.8) is 0 Å². The van der Waals surface area contributed by atoms with Crippen molar-refractivity contribution in [1.82, 2.24) is 4.57 Å². The third-order valence-electron chi connectivity index (χ3n) is 15.5. The van der Waals surface area contributed by atoms with Crippen LogP contribution in [0.15, 0.2) is 204 Å². The summed E-state index contributed by atoms with van der Waals surface area (Å²) in [7, 11) is 0. The summed E-state index contributed by atoms with van der Waals surface area (Å²) in [6.45, 7) is 8.93. The molecule has 8 aromatic carbocycles.